The van der Waals surface area contributed by atoms with Crippen LogP contribution < -0.4 is 5.32 Å². The minimum absolute atomic E-state index is 0.0217. The summed E-state index contributed by atoms with van der Waals surface area (Å²) < 4.78 is 22.3. The number of nitrogens with zero attached hydrogens (tertiary/aromatic N) is 6. The maximum absolute atomic E-state index is 15.0. The molecule has 5 heterocycles. The Labute approximate surface area is 256 Å². The van der Waals surface area contributed by atoms with E-state index in [1.54, 1.807) is 22.0 Å². The zero-order chi connectivity index (χ0) is 31.2. The van der Waals surface area contributed by atoms with Crippen LogP contribution in [-0.4, -0.2) is 72.8 Å². The van der Waals surface area contributed by atoms with Crippen LogP contribution in [0.2, 0.25) is 0 Å². The normalized spacial score (nSPS) is 16.2. The van der Waals surface area contributed by atoms with E-state index in [0.717, 1.165) is 40.7 Å². The predicted octanol–water partition coefficient (Wildman–Crippen LogP) is 5.78. The number of hydrogen-bond acceptors (Lipinski definition) is 7. The van der Waals surface area contributed by atoms with E-state index >= 15 is 4.39 Å². The Morgan fingerprint density at radius 1 is 0.955 bits per heavy atom. The molecule has 2 aliphatic rings. The van der Waals surface area contributed by atoms with Gasteiger partial charge in [-0.05, 0) is 82.7 Å². The molecule has 3 aromatic heterocycles. The van der Waals surface area contributed by atoms with Crippen LogP contribution in [0.3, 0.4) is 0 Å². The Hall–Kier alpha value is -4.54. The average Bonchev–Trinajstić information content (AvgIpc) is 3.25. The van der Waals surface area contributed by atoms with Gasteiger partial charge in [-0.15, -0.1) is 0 Å². The molecule has 0 unspecified atom stereocenters. The number of nitrogens with one attached hydrogen (secondary N) is 1. The number of carbonyl (C=O) groups excluding carboxylic acids is 2. The number of halogens is 1. The molecule has 0 bridgehead atoms. The van der Waals surface area contributed by atoms with Crippen molar-refractivity contribution < 1.29 is 18.7 Å². The monoisotopic (exact) mass is 599 g/mol. The molecule has 1 saturated heterocycles. The number of ether oxygens (including phenoxy) is 1. The molecular formula is C33H38FN7O3. The highest BCUT2D eigenvalue weighted by molar-refractivity contribution is 5.89. The molecule has 2 amide bonds. The molecule has 2 aliphatic heterocycles. The van der Waals surface area contributed by atoms with E-state index in [1.165, 1.54) is 6.07 Å². The zero-order valence-corrected chi connectivity index (χ0v) is 25.9. The van der Waals surface area contributed by atoms with Gasteiger partial charge in [-0.1, -0.05) is 0 Å². The second-order valence-electron chi connectivity index (χ2n) is 12.7. The summed E-state index contributed by atoms with van der Waals surface area (Å²) >= 11 is 0. The molecule has 4 aromatic rings. The molecule has 0 atom stereocenters. The van der Waals surface area contributed by atoms with E-state index in [1.807, 2.05) is 63.8 Å². The van der Waals surface area contributed by atoms with Crippen molar-refractivity contribution in [3.63, 3.8) is 0 Å². The summed E-state index contributed by atoms with van der Waals surface area (Å²) in [6.45, 7) is 11.3. The number of hydrogen-bond donors (Lipinski definition) is 1. The zero-order valence-electron chi connectivity index (χ0n) is 25.9. The van der Waals surface area contributed by atoms with E-state index in [4.69, 9.17) is 4.74 Å². The van der Waals surface area contributed by atoms with E-state index in [9.17, 15) is 9.59 Å². The predicted molar refractivity (Wildman–Crippen MR) is 166 cm³/mol. The van der Waals surface area contributed by atoms with Crippen molar-refractivity contribution in [3.05, 3.63) is 65.5 Å². The number of aromatic nitrogens is 4. The van der Waals surface area contributed by atoms with Gasteiger partial charge in [0.05, 0.1) is 0 Å². The average molecular weight is 600 g/mol. The van der Waals surface area contributed by atoms with E-state index in [-0.39, 0.29) is 30.4 Å². The number of pyridine rings is 2. The van der Waals surface area contributed by atoms with Crippen LogP contribution in [0, 0.1) is 19.7 Å². The molecular weight excluding hydrogens is 561 g/mol. The second kappa shape index (κ2) is 11.5. The second-order valence-corrected chi connectivity index (χ2v) is 12.7. The highest BCUT2D eigenvalue weighted by Gasteiger charge is 2.33. The molecule has 6 rings (SSSR count). The molecule has 1 N–H and O–H groups in total. The van der Waals surface area contributed by atoms with E-state index in [0.29, 0.717) is 48.6 Å². The van der Waals surface area contributed by atoms with Crippen LogP contribution in [0.15, 0.2) is 42.7 Å². The Morgan fingerprint density at radius 3 is 2.45 bits per heavy atom. The van der Waals surface area contributed by atoms with Gasteiger partial charge >= 0.3 is 6.09 Å². The number of aryl methyl sites for hydroxylation is 2. The Bertz CT molecular complexity index is 1740. The van der Waals surface area contributed by atoms with Gasteiger partial charge in [0.1, 0.15) is 23.8 Å². The van der Waals surface area contributed by atoms with Gasteiger partial charge < -0.3 is 19.9 Å². The maximum atomic E-state index is 15.0. The lowest BCUT2D eigenvalue weighted by molar-refractivity contribution is -0.134. The molecule has 0 spiro atoms. The fraction of sp³-hybridized carbons (Fsp3) is 0.424. The third-order valence-electron chi connectivity index (χ3n) is 8.24. The van der Waals surface area contributed by atoms with Crippen molar-refractivity contribution in [2.24, 2.45) is 0 Å². The Morgan fingerprint density at radius 2 is 1.73 bits per heavy atom. The van der Waals surface area contributed by atoms with Crippen LogP contribution >= 0.6 is 0 Å². The number of anilines is 2. The molecule has 0 aliphatic carbocycles. The van der Waals surface area contributed by atoms with Gasteiger partial charge in [-0.2, -0.15) is 5.10 Å². The van der Waals surface area contributed by atoms with Crippen molar-refractivity contribution in [1.82, 2.24) is 29.5 Å². The lowest BCUT2D eigenvalue weighted by Gasteiger charge is -2.38. The van der Waals surface area contributed by atoms with Crippen LogP contribution in [0.4, 0.5) is 20.8 Å². The Kier molecular flexibility index (Phi) is 7.73. The number of carbonyl (C=O) groups is 2. The van der Waals surface area contributed by atoms with Crippen molar-refractivity contribution in [3.8, 4) is 11.1 Å². The van der Waals surface area contributed by atoms with E-state index < -0.39 is 5.60 Å². The first kappa shape index (κ1) is 29.5. The number of fused-ring (bicyclic) bond motifs is 2. The van der Waals surface area contributed by atoms with Crippen LogP contribution in [-0.2, 0) is 22.5 Å². The van der Waals surface area contributed by atoms with Crippen LogP contribution in [0.5, 0.6) is 0 Å². The molecule has 10 nitrogen and oxygen atoms in total. The highest BCUT2D eigenvalue weighted by Crippen LogP contribution is 2.31. The first-order chi connectivity index (χ1) is 20.9. The summed E-state index contributed by atoms with van der Waals surface area (Å²) in [5, 5.41) is 9.46. The SMILES string of the molecule is Cc1cc(C)c(-c2cc3cc(Nc4cc5n(n4)CC(=O)N(C4CCN(C(=O)OC(C)(C)C)CC4)CC5)ncc3cc2F)cn1. The smallest absolute Gasteiger partial charge is 0.410 e. The molecule has 230 valence electrons. The molecule has 1 fully saturated rings. The summed E-state index contributed by atoms with van der Waals surface area (Å²) in [6.07, 6.45) is 5.17. The molecule has 0 radical (unpaired) electrons. The molecule has 1 aromatic carbocycles. The maximum Gasteiger partial charge on any atom is 0.410 e. The van der Waals surface area contributed by atoms with Gasteiger partial charge in [0, 0.05) is 78.5 Å². The molecule has 44 heavy (non-hydrogen) atoms. The number of amides is 2. The minimum Gasteiger partial charge on any atom is -0.444 e. The summed E-state index contributed by atoms with van der Waals surface area (Å²) in [4.78, 5) is 38.3. The molecule has 0 saturated carbocycles. The minimum atomic E-state index is -0.533. The third-order valence-corrected chi connectivity index (χ3v) is 8.24. The van der Waals surface area contributed by atoms with Crippen molar-refractivity contribution in [2.45, 2.75) is 72.1 Å². The fourth-order valence-electron chi connectivity index (χ4n) is 6.06. The largest absolute Gasteiger partial charge is 0.444 e. The number of likely N-dealkylation sites (tertiary alicyclic amines) is 1. The topological polar surface area (TPSA) is 105 Å². The fourth-order valence-corrected chi connectivity index (χ4v) is 6.06. The first-order valence-corrected chi connectivity index (χ1v) is 15.1. The number of rotatable bonds is 4. The van der Waals surface area contributed by atoms with Crippen molar-refractivity contribution in [1.29, 1.82) is 0 Å². The van der Waals surface area contributed by atoms with Crippen LogP contribution in [0.1, 0.15) is 50.6 Å². The van der Waals surface area contributed by atoms with E-state index in [2.05, 4.69) is 20.4 Å². The quantitative estimate of drug-likeness (QED) is 0.317. The standard InChI is InChI=1S/C33H38FN7O3/c1-20-12-21(2)35-18-27(20)26-13-22-15-29(36-17-23(22)14-28(26)34)37-30-16-25-8-11-40(31(42)19-41(25)38-30)24-6-9-39(10-7-24)32(43)44-33(3,4)5/h12-18,24H,6-11,19H2,1-5H3,(H,36,37,38). The van der Waals surface area contributed by atoms with Gasteiger partial charge in [-0.3, -0.25) is 14.5 Å². The first-order valence-electron chi connectivity index (χ1n) is 15.1. The van der Waals surface area contributed by atoms with Crippen LogP contribution in [0.25, 0.3) is 21.9 Å². The van der Waals surface area contributed by atoms with Gasteiger partial charge in [0.15, 0.2) is 5.82 Å². The number of piperidine rings is 1. The summed E-state index contributed by atoms with van der Waals surface area (Å²) in [6, 6.07) is 9.17. The van der Waals surface area contributed by atoms with Gasteiger partial charge in [0.2, 0.25) is 5.91 Å². The molecule has 11 heteroatoms. The lowest BCUT2D eigenvalue weighted by Crippen LogP contribution is -2.50. The summed E-state index contributed by atoms with van der Waals surface area (Å²) in [7, 11) is 0. The summed E-state index contributed by atoms with van der Waals surface area (Å²) in [5.41, 5.74) is 3.52. The summed E-state index contributed by atoms with van der Waals surface area (Å²) in [5.74, 6) is 0.874. The third kappa shape index (κ3) is 6.22. The van der Waals surface area contributed by atoms with Crippen molar-refractivity contribution >= 4 is 34.4 Å². The highest BCUT2D eigenvalue weighted by atomic mass is 19.1. The Balaban J connectivity index is 1.12. The van der Waals surface area contributed by atoms with Crippen molar-refractivity contribution in [2.75, 3.05) is 25.0 Å². The van der Waals surface area contributed by atoms with Gasteiger partial charge in [-0.25, -0.2) is 14.2 Å². The lowest BCUT2D eigenvalue weighted by atomic mass is 9.99. The van der Waals surface area contributed by atoms with Gasteiger partial charge in [0.25, 0.3) is 0 Å². The number of benzene rings is 1.